The number of nitrogens with zero attached hydrogens (tertiary/aromatic N) is 3. The summed E-state index contributed by atoms with van der Waals surface area (Å²) in [6, 6.07) is 28.7. The second-order valence-electron chi connectivity index (χ2n) is 9.89. The first-order valence-corrected chi connectivity index (χ1v) is 12.9. The molecular weight excluding hydrogens is 466 g/mol. The van der Waals surface area contributed by atoms with Gasteiger partial charge in [-0.15, -0.1) is 0 Å². The summed E-state index contributed by atoms with van der Waals surface area (Å²) in [6.07, 6.45) is 3.18. The molecule has 6 heteroatoms. The number of non-ortho nitro benzene ring substituents is 1. The summed E-state index contributed by atoms with van der Waals surface area (Å²) in [4.78, 5) is 16.8. The minimum Gasteiger partial charge on any atom is -0.367 e. The maximum absolute atomic E-state index is 11.2. The summed E-state index contributed by atoms with van der Waals surface area (Å²) < 4.78 is 0. The molecule has 2 aliphatic rings. The molecule has 2 heterocycles. The van der Waals surface area contributed by atoms with Crippen molar-refractivity contribution in [3.8, 4) is 0 Å². The fraction of sp³-hybridized carbons (Fsp3) is 0.200. The van der Waals surface area contributed by atoms with E-state index in [0.29, 0.717) is 0 Å². The Hall–Kier alpha value is -3.77. The highest BCUT2D eigenvalue weighted by Crippen LogP contribution is 2.52. The first kappa shape index (κ1) is 22.7. The number of nitro groups is 1. The van der Waals surface area contributed by atoms with Gasteiger partial charge in [0.2, 0.25) is 0 Å². The van der Waals surface area contributed by atoms with E-state index in [9.17, 15) is 10.1 Å². The highest BCUT2D eigenvalue weighted by Gasteiger charge is 2.47. The van der Waals surface area contributed by atoms with Crippen LogP contribution in [0.15, 0.2) is 101 Å². The predicted molar refractivity (Wildman–Crippen MR) is 149 cm³/mol. The molecule has 2 atom stereocenters. The van der Waals surface area contributed by atoms with Crippen molar-refractivity contribution in [2.24, 2.45) is 0 Å². The van der Waals surface area contributed by atoms with E-state index in [4.69, 9.17) is 0 Å². The average Bonchev–Trinajstić information content (AvgIpc) is 3.31. The molecule has 180 valence electrons. The normalized spacial score (nSPS) is 21.8. The minimum absolute atomic E-state index is 0.104. The van der Waals surface area contributed by atoms with E-state index in [1.165, 1.54) is 37.6 Å². The van der Waals surface area contributed by atoms with Crippen molar-refractivity contribution in [2.45, 2.75) is 29.7 Å². The lowest BCUT2D eigenvalue weighted by Gasteiger charge is -2.35. The minimum atomic E-state index is -0.338. The van der Waals surface area contributed by atoms with Crippen molar-refractivity contribution >= 4 is 39.6 Å². The third kappa shape index (κ3) is 3.47. The largest absolute Gasteiger partial charge is 0.367 e. The number of thioether (sulfide) groups is 1. The summed E-state index contributed by atoms with van der Waals surface area (Å²) in [6.45, 7) is 2.34. The van der Waals surface area contributed by atoms with Gasteiger partial charge in [-0.1, -0.05) is 73.3 Å². The fourth-order valence-corrected chi connectivity index (χ4v) is 7.04. The number of likely N-dealkylation sites (N-methyl/N-ethyl adjacent to an activating group) is 1. The number of para-hydroxylation sites is 1. The molecule has 0 bridgehead atoms. The number of fused-ring (bicyclic) bond motifs is 4. The number of hydrogen-bond donors (Lipinski definition) is 0. The molecule has 0 saturated carbocycles. The first-order valence-electron chi connectivity index (χ1n) is 12.1. The molecule has 4 aromatic carbocycles. The predicted octanol–water partition coefficient (Wildman–Crippen LogP) is 7.15. The summed E-state index contributed by atoms with van der Waals surface area (Å²) in [5, 5.41) is 14.9. The molecule has 2 aliphatic heterocycles. The Labute approximate surface area is 215 Å². The molecule has 0 amide bonds. The molecule has 5 nitrogen and oxygen atoms in total. The number of nitro benzene ring substituents is 1. The maximum Gasteiger partial charge on any atom is 0.269 e. The van der Waals surface area contributed by atoms with Gasteiger partial charge in [-0.3, -0.25) is 10.1 Å². The standard InChI is InChI=1S/C30H27N3O2S/c1-30(19-20-12-15-22(16-13-20)33(34)35)27(18-28-32(3)24-10-6-7-11-26(24)36-28)31(2)25-17-14-21-8-4-5-9-23(21)29(25)30/h4-18,27H,19H2,1-3H3/b28-18-. The second kappa shape index (κ2) is 8.42. The van der Waals surface area contributed by atoms with Crippen LogP contribution in [0.3, 0.4) is 0 Å². The van der Waals surface area contributed by atoms with E-state index in [1.54, 1.807) is 12.1 Å². The summed E-state index contributed by atoms with van der Waals surface area (Å²) in [5.74, 6) is 0. The third-order valence-electron chi connectivity index (χ3n) is 7.72. The molecule has 4 aromatic rings. The SMILES string of the molecule is CN1/C(=C/C2N(C)c3ccc4ccccc4c3C2(C)Cc2ccc([N+](=O)[O-])cc2)Sc2ccccc21. The van der Waals surface area contributed by atoms with Gasteiger partial charge in [-0.25, -0.2) is 0 Å². The van der Waals surface area contributed by atoms with Crippen LogP contribution < -0.4 is 9.80 Å². The van der Waals surface area contributed by atoms with Crippen LogP contribution >= 0.6 is 11.8 Å². The number of anilines is 2. The van der Waals surface area contributed by atoms with Gasteiger partial charge in [-0.05, 0) is 52.6 Å². The van der Waals surface area contributed by atoms with Crippen LogP contribution in [0.4, 0.5) is 17.1 Å². The molecular formula is C30H27N3O2S. The van der Waals surface area contributed by atoms with E-state index in [2.05, 4.69) is 97.6 Å². The zero-order valence-electron chi connectivity index (χ0n) is 20.5. The Morgan fingerprint density at radius 2 is 1.67 bits per heavy atom. The molecule has 0 radical (unpaired) electrons. The van der Waals surface area contributed by atoms with Crippen molar-refractivity contribution in [3.63, 3.8) is 0 Å². The van der Waals surface area contributed by atoms with E-state index in [0.717, 1.165) is 12.0 Å². The fourth-order valence-electron chi connectivity index (χ4n) is 5.93. The Balaban J connectivity index is 1.49. The van der Waals surface area contributed by atoms with E-state index in [1.807, 2.05) is 23.9 Å². The lowest BCUT2D eigenvalue weighted by molar-refractivity contribution is -0.384. The number of benzene rings is 4. The van der Waals surface area contributed by atoms with Gasteiger partial charge in [0.05, 0.1) is 21.7 Å². The quantitative estimate of drug-likeness (QED) is 0.223. The third-order valence-corrected chi connectivity index (χ3v) is 8.90. The van der Waals surface area contributed by atoms with Crippen molar-refractivity contribution in [2.75, 3.05) is 23.9 Å². The zero-order valence-corrected chi connectivity index (χ0v) is 21.3. The van der Waals surface area contributed by atoms with Crippen LogP contribution in [0.2, 0.25) is 0 Å². The van der Waals surface area contributed by atoms with Gasteiger partial charge < -0.3 is 9.80 Å². The molecule has 0 fully saturated rings. The molecule has 2 unspecified atom stereocenters. The van der Waals surface area contributed by atoms with Crippen LogP contribution in [-0.4, -0.2) is 25.1 Å². The zero-order chi connectivity index (χ0) is 25.0. The van der Waals surface area contributed by atoms with Crippen molar-refractivity contribution in [1.29, 1.82) is 0 Å². The van der Waals surface area contributed by atoms with Crippen LogP contribution in [0.5, 0.6) is 0 Å². The van der Waals surface area contributed by atoms with E-state index >= 15 is 0 Å². The van der Waals surface area contributed by atoms with E-state index in [-0.39, 0.29) is 22.1 Å². The molecule has 0 aromatic heterocycles. The number of rotatable bonds is 4. The Kier molecular flexibility index (Phi) is 5.30. The van der Waals surface area contributed by atoms with Crippen LogP contribution in [-0.2, 0) is 11.8 Å². The van der Waals surface area contributed by atoms with Crippen molar-refractivity contribution in [1.82, 2.24) is 0 Å². The molecule has 6 rings (SSSR count). The second-order valence-corrected chi connectivity index (χ2v) is 11.0. The maximum atomic E-state index is 11.2. The van der Waals surface area contributed by atoms with Crippen LogP contribution in [0.25, 0.3) is 10.8 Å². The molecule has 0 N–H and O–H groups in total. The molecule has 0 aliphatic carbocycles. The molecule has 0 spiro atoms. The van der Waals surface area contributed by atoms with Gasteiger partial charge in [0.1, 0.15) is 0 Å². The highest BCUT2D eigenvalue weighted by atomic mass is 32.2. The first-order chi connectivity index (χ1) is 17.4. The van der Waals surface area contributed by atoms with Crippen molar-refractivity contribution in [3.05, 3.63) is 117 Å². The van der Waals surface area contributed by atoms with E-state index < -0.39 is 0 Å². The van der Waals surface area contributed by atoms with Crippen LogP contribution in [0, 0.1) is 10.1 Å². The topological polar surface area (TPSA) is 49.6 Å². The highest BCUT2D eigenvalue weighted by molar-refractivity contribution is 8.03. The van der Waals surface area contributed by atoms with Crippen LogP contribution in [0.1, 0.15) is 18.1 Å². The summed E-state index contributed by atoms with van der Waals surface area (Å²) in [5.41, 5.74) is 4.78. The smallest absolute Gasteiger partial charge is 0.269 e. The van der Waals surface area contributed by atoms with Gasteiger partial charge in [0.15, 0.2) is 0 Å². The van der Waals surface area contributed by atoms with Gasteiger partial charge >= 0.3 is 0 Å². The van der Waals surface area contributed by atoms with Gasteiger partial charge in [0.25, 0.3) is 5.69 Å². The lowest BCUT2D eigenvalue weighted by Crippen LogP contribution is -2.42. The Morgan fingerprint density at radius 3 is 2.42 bits per heavy atom. The lowest BCUT2D eigenvalue weighted by atomic mass is 9.72. The summed E-state index contributed by atoms with van der Waals surface area (Å²) in [7, 11) is 4.32. The molecule has 36 heavy (non-hydrogen) atoms. The Bertz CT molecular complexity index is 1530. The summed E-state index contributed by atoms with van der Waals surface area (Å²) >= 11 is 1.81. The van der Waals surface area contributed by atoms with Gasteiger partial charge in [0, 0.05) is 42.2 Å². The average molecular weight is 494 g/mol. The Morgan fingerprint density at radius 1 is 0.944 bits per heavy atom. The molecule has 0 saturated heterocycles. The number of hydrogen-bond acceptors (Lipinski definition) is 5. The van der Waals surface area contributed by atoms with Crippen molar-refractivity contribution < 1.29 is 4.92 Å². The monoisotopic (exact) mass is 493 g/mol. The van der Waals surface area contributed by atoms with Gasteiger partial charge in [-0.2, -0.15) is 0 Å².